The van der Waals surface area contributed by atoms with Gasteiger partial charge >= 0.3 is 6.18 Å². The molecule has 1 fully saturated rings. The molecule has 0 radical (unpaired) electrons. The van der Waals surface area contributed by atoms with Crippen LogP contribution in [0.2, 0.25) is 0 Å². The van der Waals surface area contributed by atoms with Crippen molar-refractivity contribution in [2.75, 3.05) is 26.7 Å². The molecule has 2 atom stereocenters. The summed E-state index contributed by atoms with van der Waals surface area (Å²) in [4.78, 5) is 1.60. The van der Waals surface area contributed by atoms with Crippen molar-refractivity contribution in [1.82, 2.24) is 10.2 Å². The first kappa shape index (κ1) is 13.8. The van der Waals surface area contributed by atoms with Gasteiger partial charge in [-0.3, -0.25) is 4.90 Å². The molecule has 0 heterocycles. The minimum atomic E-state index is -4.07. The first-order chi connectivity index (χ1) is 7.48. The second kappa shape index (κ2) is 5.87. The molecule has 16 heavy (non-hydrogen) atoms. The molecular weight excluding hydrogens is 217 g/mol. The zero-order valence-electron chi connectivity index (χ0n) is 9.98. The number of alkyl halides is 3. The Hall–Kier alpha value is -0.290. The molecule has 5 heteroatoms. The molecule has 2 unspecified atom stereocenters. The van der Waals surface area contributed by atoms with Crippen LogP contribution < -0.4 is 5.32 Å². The second-order valence-electron chi connectivity index (χ2n) is 4.55. The molecule has 0 aromatic rings. The SMILES string of the molecule is CCCN(CC(F)(F)F)C1CCC1CNC. The maximum Gasteiger partial charge on any atom is 0.401 e. The van der Waals surface area contributed by atoms with Gasteiger partial charge in [0.2, 0.25) is 0 Å². The fourth-order valence-electron chi connectivity index (χ4n) is 2.41. The molecule has 0 aromatic heterocycles. The van der Waals surface area contributed by atoms with E-state index >= 15 is 0 Å². The lowest BCUT2D eigenvalue weighted by molar-refractivity contribution is -0.158. The number of halogens is 3. The van der Waals surface area contributed by atoms with Crippen LogP contribution in [0.1, 0.15) is 26.2 Å². The zero-order valence-corrected chi connectivity index (χ0v) is 9.98. The Morgan fingerprint density at radius 3 is 2.38 bits per heavy atom. The summed E-state index contributed by atoms with van der Waals surface area (Å²) in [5, 5.41) is 3.05. The standard InChI is InChI=1S/C11H21F3N2/c1-3-6-16(8-11(12,13)14)10-5-4-9(10)7-15-2/h9-10,15H,3-8H2,1-2H3. The second-order valence-corrected chi connectivity index (χ2v) is 4.55. The van der Waals surface area contributed by atoms with Gasteiger partial charge in [0.25, 0.3) is 0 Å². The van der Waals surface area contributed by atoms with Gasteiger partial charge in [-0.1, -0.05) is 6.92 Å². The minimum Gasteiger partial charge on any atom is -0.319 e. The molecule has 1 rings (SSSR count). The van der Waals surface area contributed by atoms with Gasteiger partial charge in [0.05, 0.1) is 6.54 Å². The van der Waals surface area contributed by atoms with Gasteiger partial charge in [-0.05, 0) is 45.3 Å². The lowest BCUT2D eigenvalue weighted by Gasteiger charge is -2.44. The van der Waals surface area contributed by atoms with E-state index in [4.69, 9.17) is 0 Å². The van der Waals surface area contributed by atoms with E-state index < -0.39 is 12.7 Å². The van der Waals surface area contributed by atoms with Crippen molar-refractivity contribution in [3.63, 3.8) is 0 Å². The molecule has 2 nitrogen and oxygen atoms in total. The quantitative estimate of drug-likeness (QED) is 0.763. The Morgan fingerprint density at radius 2 is 2.00 bits per heavy atom. The predicted octanol–water partition coefficient (Wildman–Crippen LogP) is 2.26. The summed E-state index contributed by atoms with van der Waals surface area (Å²) in [6, 6.07) is 0.119. The summed E-state index contributed by atoms with van der Waals surface area (Å²) < 4.78 is 37.2. The molecule has 96 valence electrons. The van der Waals surface area contributed by atoms with Crippen molar-refractivity contribution in [2.45, 2.75) is 38.4 Å². The van der Waals surface area contributed by atoms with Gasteiger partial charge < -0.3 is 5.32 Å². The maximum atomic E-state index is 12.4. The van der Waals surface area contributed by atoms with E-state index in [0.29, 0.717) is 12.5 Å². The molecule has 0 aliphatic heterocycles. The molecule has 1 aliphatic rings. The van der Waals surface area contributed by atoms with Gasteiger partial charge in [-0.2, -0.15) is 13.2 Å². The summed E-state index contributed by atoms with van der Waals surface area (Å²) in [6.07, 6.45) is -1.35. The van der Waals surface area contributed by atoms with E-state index in [9.17, 15) is 13.2 Å². The number of rotatable bonds is 6. The Morgan fingerprint density at radius 1 is 1.31 bits per heavy atom. The molecule has 0 bridgehead atoms. The van der Waals surface area contributed by atoms with Crippen molar-refractivity contribution in [3.05, 3.63) is 0 Å². The third-order valence-corrected chi connectivity index (χ3v) is 3.21. The Kier molecular flexibility index (Phi) is 5.05. The third kappa shape index (κ3) is 3.94. The average molecular weight is 238 g/mol. The normalized spacial score (nSPS) is 25.9. The summed E-state index contributed by atoms with van der Waals surface area (Å²) >= 11 is 0. The summed E-state index contributed by atoms with van der Waals surface area (Å²) in [6.45, 7) is 2.54. The summed E-state index contributed by atoms with van der Waals surface area (Å²) in [7, 11) is 1.85. The molecular formula is C11H21F3N2. The van der Waals surface area contributed by atoms with Crippen molar-refractivity contribution < 1.29 is 13.2 Å². The Bertz CT molecular complexity index is 206. The summed E-state index contributed by atoms with van der Waals surface area (Å²) in [5.74, 6) is 0.388. The molecule has 0 spiro atoms. The van der Waals surface area contributed by atoms with Crippen LogP contribution in [0, 0.1) is 5.92 Å². The van der Waals surface area contributed by atoms with Gasteiger partial charge in [0, 0.05) is 6.04 Å². The van der Waals surface area contributed by atoms with Crippen LogP contribution in [0.4, 0.5) is 13.2 Å². The highest BCUT2D eigenvalue weighted by molar-refractivity contribution is 4.90. The van der Waals surface area contributed by atoms with E-state index in [2.05, 4.69) is 5.32 Å². The number of nitrogens with zero attached hydrogens (tertiary/aromatic N) is 1. The van der Waals surface area contributed by atoms with Gasteiger partial charge in [0.15, 0.2) is 0 Å². The van der Waals surface area contributed by atoms with Crippen molar-refractivity contribution in [3.8, 4) is 0 Å². The lowest BCUT2D eigenvalue weighted by Crippen LogP contribution is -2.53. The predicted molar refractivity (Wildman–Crippen MR) is 58.4 cm³/mol. The first-order valence-corrected chi connectivity index (χ1v) is 5.93. The van der Waals surface area contributed by atoms with Crippen molar-refractivity contribution >= 4 is 0 Å². The average Bonchev–Trinajstić information content (AvgIpc) is 2.10. The van der Waals surface area contributed by atoms with Gasteiger partial charge in [0.1, 0.15) is 0 Å². The lowest BCUT2D eigenvalue weighted by atomic mass is 9.78. The molecule has 1 N–H and O–H groups in total. The number of hydrogen-bond donors (Lipinski definition) is 1. The fourth-order valence-corrected chi connectivity index (χ4v) is 2.41. The van der Waals surface area contributed by atoms with Crippen LogP contribution in [-0.4, -0.2) is 43.8 Å². The van der Waals surface area contributed by atoms with E-state index in [-0.39, 0.29) is 6.04 Å². The number of hydrogen-bond acceptors (Lipinski definition) is 2. The molecule has 0 amide bonds. The smallest absolute Gasteiger partial charge is 0.319 e. The molecule has 1 aliphatic carbocycles. The van der Waals surface area contributed by atoms with Gasteiger partial charge in [-0.15, -0.1) is 0 Å². The van der Waals surface area contributed by atoms with E-state index in [1.165, 1.54) is 0 Å². The third-order valence-electron chi connectivity index (χ3n) is 3.21. The minimum absolute atomic E-state index is 0.119. The summed E-state index contributed by atoms with van der Waals surface area (Å²) in [5.41, 5.74) is 0. The molecule has 0 saturated heterocycles. The van der Waals surface area contributed by atoms with Crippen LogP contribution in [0.5, 0.6) is 0 Å². The van der Waals surface area contributed by atoms with Crippen LogP contribution in [0.25, 0.3) is 0 Å². The van der Waals surface area contributed by atoms with Crippen LogP contribution >= 0.6 is 0 Å². The van der Waals surface area contributed by atoms with Crippen molar-refractivity contribution in [2.24, 2.45) is 5.92 Å². The van der Waals surface area contributed by atoms with E-state index in [1.54, 1.807) is 4.90 Å². The zero-order chi connectivity index (χ0) is 12.2. The molecule has 1 saturated carbocycles. The first-order valence-electron chi connectivity index (χ1n) is 5.93. The van der Waals surface area contributed by atoms with E-state index in [1.807, 2.05) is 14.0 Å². The Labute approximate surface area is 95.2 Å². The van der Waals surface area contributed by atoms with E-state index in [0.717, 1.165) is 25.8 Å². The van der Waals surface area contributed by atoms with Crippen molar-refractivity contribution in [1.29, 1.82) is 0 Å². The highest BCUT2D eigenvalue weighted by atomic mass is 19.4. The Balaban J connectivity index is 2.49. The van der Waals surface area contributed by atoms with Crippen LogP contribution in [0.3, 0.4) is 0 Å². The largest absolute Gasteiger partial charge is 0.401 e. The topological polar surface area (TPSA) is 15.3 Å². The van der Waals surface area contributed by atoms with Crippen LogP contribution in [0.15, 0.2) is 0 Å². The number of nitrogens with one attached hydrogen (secondary N) is 1. The highest BCUT2D eigenvalue weighted by Crippen LogP contribution is 2.33. The monoisotopic (exact) mass is 238 g/mol. The molecule has 0 aromatic carbocycles. The highest BCUT2D eigenvalue weighted by Gasteiger charge is 2.39. The fraction of sp³-hybridized carbons (Fsp3) is 1.00. The van der Waals surface area contributed by atoms with Gasteiger partial charge in [-0.25, -0.2) is 0 Å². The van der Waals surface area contributed by atoms with Crippen LogP contribution in [-0.2, 0) is 0 Å². The maximum absolute atomic E-state index is 12.4.